The lowest BCUT2D eigenvalue weighted by molar-refractivity contribution is -0.385. The fraction of sp³-hybridized carbons (Fsp3) is 0.333. The number of aryl methyl sites for hydroxylation is 1. The van der Waals surface area contributed by atoms with Gasteiger partial charge in [-0.25, -0.2) is 0 Å². The van der Waals surface area contributed by atoms with Gasteiger partial charge in [0.15, 0.2) is 0 Å². The summed E-state index contributed by atoms with van der Waals surface area (Å²) in [5.74, 6) is -0.260. The maximum atomic E-state index is 10.9. The molecule has 1 aromatic carbocycles. The number of rotatable bonds is 4. The van der Waals surface area contributed by atoms with Crippen LogP contribution in [0.15, 0.2) is 18.2 Å². The van der Waals surface area contributed by atoms with Crippen molar-refractivity contribution < 1.29 is 17.5 Å². The van der Waals surface area contributed by atoms with Crippen molar-refractivity contribution in [2.24, 2.45) is 0 Å². The van der Waals surface area contributed by atoms with E-state index in [-0.39, 0.29) is 11.4 Å². The van der Waals surface area contributed by atoms with E-state index in [0.717, 1.165) is 11.8 Å². The van der Waals surface area contributed by atoms with Crippen molar-refractivity contribution in [1.29, 1.82) is 0 Å². The third kappa shape index (κ3) is 3.20. The van der Waals surface area contributed by atoms with Crippen LogP contribution in [0.3, 0.4) is 0 Å². The fourth-order valence-corrected chi connectivity index (χ4v) is 1.63. The Bertz CT molecular complexity index is 509. The Hall–Kier alpha value is -1.63. The van der Waals surface area contributed by atoms with E-state index in [9.17, 15) is 18.5 Å². The van der Waals surface area contributed by atoms with Crippen molar-refractivity contribution in [2.45, 2.75) is 13.3 Å². The van der Waals surface area contributed by atoms with E-state index in [1.54, 1.807) is 6.07 Å². The molecule has 0 amide bonds. The zero-order chi connectivity index (χ0) is 12.3. The molecule has 0 heterocycles. The molecule has 0 fully saturated rings. The van der Waals surface area contributed by atoms with Crippen molar-refractivity contribution in [2.75, 3.05) is 6.26 Å². The number of nitro benzene ring substituents is 1. The van der Waals surface area contributed by atoms with Crippen molar-refractivity contribution in [3.05, 3.63) is 33.9 Å². The first-order chi connectivity index (χ1) is 7.33. The van der Waals surface area contributed by atoms with E-state index >= 15 is 0 Å². The van der Waals surface area contributed by atoms with Crippen LogP contribution >= 0.6 is 0 Å². The first-order valence-corrected chi connectivity index (χ1v) is 6.32. The van der Waals surface area contributed by atoms with Crippen LogP contribution in [0.25, 0.3) is 0 Å². The third-order valence-corrected chi connectivity index (χ3v) is 2.35. The summed E-state index contributed by atoms with van der Waals surface area (Å²) in [7, 11) is -3.76. The number of benzene rings is 1. The first-order valence-electron chi connectivity index (χ1n) is 4.50. The maximum absolute atomic E-state index is 10.9. The molecular weight excluding hydrogens is 234 g/mol. The van der Waals surface area contributed by atoms with Gasteiger partial charge in [-0.3, -0.25) is 10.1 Å². The Morgan fingerprint density at radius 2 is 2.06 bits per heavy atom. The van der Waals surface area contributed by atoms with Gasteiger partial charge in [-0.1, -0.05) is 13.0 Å². The standard InChI is InChI=1S/C9H11NO5S/c1-3-7-4-5-9(15-16(2,13)14)8(6-7)10(11)12/h4-6H,3H2,1-2H3. The van der Waals surface area contributed by atoms with Gasteiger partial charge in [-0.05, 0) is 18.1 Å². The summed E-state index contributed by atoms with van der Waals surface area (Å²) >= 11 is 0. The Kier molecular flexibility index (Phi) is 3.48. The third-order valence-electron chi connectivity index (χ3n) is 1.87. The van der Waals surface area contributed by atoms with Gasteiger partial charge < -0.3 is 4.18 Å². The second kappa shape index (κ2) is 4.48. The van der Waals surface area contributed by atoms with Crippen molar-refractivity contribution in [1.82, 2.24) is 0 Å². The van der Waals surface area contributed by atoms with E-state index in [0.29, 0.717) is 6.42 Å². The molecule has 0 aliphatic carbocycles. The summed E-state index contributed by atoms with van der Waals surface area (Å²) in [5.41, 5.74) is 0.400. The normalized spacial score (nSPS) is 11.1. The molecule has 6 nitrogen and oxygen atoms in total. The molecular formula is C9H11NO5S. The van der Waals surface area contributed by atoms with Gasteiger partial charge in [-0.15, -0.1) is 0 Å². The molecule has 0 aliphatic rings. The van der Waals surface area contributed by atoms with Crippen LogP contribution in [0.5, 0.6) is 5.75 Å². The number of hydrogen-bond donors (Lipinski definition) is 0. The minimum absolute atomic E-state index is 0.260. The van der Waals surface area contributed by atoms with Gasteiger partial charge in [-0.2, -0.15) is 8.42 Å². The monoisotopic (exact) mass is 245 g/mol. The highest BCUT2D eigenvalue weighted by Gasteiger charge is 2.19. The minimum Gasteiger partial charge on any atom is -0.375 e. The lowest BCUT2D eigenvalue weighted by Gasteiger charge is -2.04. The topological polar surface area (TPSA) is 86.5 Å². The van der Waals surface area contributed by atoms with Crippen LogP contribution in [0.2, 0.25) is 0 Å². The van der Waals surface area contributed by atoms with Crippen molar-refractivity contribution in [3.63, 3.8) is 0 Å². The molecule has 0 saturated heterocycles. The summed E-state index contributed by atoms with van der Waals surface area (Å²) in [4.78, 5) is 10.0. The van der Waals surface area contributed by atoms with Crippen LogP contribution in [0.4, 0.5) is 5.69 Å². The van der Waals surface area contributed by atoms with Crippen LogP contribution in [-0.4, -0.2) is 19.6 Å². The molecule has 0 atom stereocenters. The average Bonchev–Trinajstić information content (AvgIpc) is 2.15. The lowest BCUT2D eigenvalue weighted by atomic mass is 10.1. The molecule has 0 aromatic heterocycles. The summed E-state index contributed by atoms with van der Waals surface area (Å²) < 4.78 is 26.3. The van der Waals surface area contributed by atoms with E-state index in [4.69, 9.17) is 0 Å². The molecule has 7 heteroatoms. The molecule has 0 bridgehead atoms. The molecule has 0 N–H and O–H groups in total. The van der Waals surface area contributed by atoms with Crippen molar-refractivity contribution in [3.8, 4) is 5.75 Å². The lowest BCUT2D eigenvalue weighted by Crippen LogP contribution is -2.07. The molecule has 1 aromatic rings. The quantitative estimate of drug-likeness (QED) is 0.455. The SMILES string of the molecule is CCc1ccc(OS(C)(=O)=O)c([N+](=O)[O-])c1. The van der Waals surface area contributed by atoms with E-state index in [1.807, 2.05) is 6.92 Å². The van der Waals surface area contributed by atoms with E-state index in [2.05, 4.69) is 4.18 Å². The predicted octanol–water partition coefficient (Wildman–Crippen LogP) is 1.50. The summed E-state index contributed by atoms with van der Waals surface area (Å²) in [6.45, 7) is 1.84. The van der Waals surface area contributed by atoms with Gasteiger partial charge >= 0.3 is 15.8 Å². The number of nitrogens with zero attached hydrogens (tertiary/aromatic N) is 1. The van der Waals surface area contributed by atoms with Gasteiger partial charge in [0.05, 0.1) is 11.2 Å². The Balaban J connectivity index is 3.23. The Labute approximate surface area is 93.1 Å². The zero-order valence-electron chi connectivity index (χ0n) is 8.84. The molecule has 88 valence electrons. The smallest absolute Gasteiger partial charge is 0.312 e. The first kappa shape index (κ1) is 12.4. The molecule has 1 rings (SSSR count). The largest absolute Gasteiger partial charge is 0.375 e. The van der Waals surface area contributed by atoms with Crippen molar-refractivity contribution >= 4 is 15.8 Å². The van der Waals surface area contributed by atoms with E-state index < -0.39 is 15.0 Å². The highest BCUT2D eigenvalue weighted by atomic mass is 32.2. The molecule has 16 heavy (non-hydrogen) atoms. The fourth-order valence-electron chi connectivity index (χ4n) is 1.16. The minimum atomic E-state index is -3.76. The predicted molar refractivity (Wildman–Crippen MR) is 57.9 cm³/mol. The highest BCUT2D eigenvalue weighted by Crippen LogP contribution is 2.29. The molecule has 0 unspecified atom stereocenters. The summed E-state index contributed by atoms with van der Waals surface area (Å²) in [5, 5.41) is 10.7. The van der Waals surface area contributed by atoms with Gasteiger partial charge in [0, 0.05) is 6.07 Å². The Morgan fingerprint density at radius 1 is 1.44 bits per heavy atom. The van der Waals surface area contributed by atoms with Gasteiger partial charge in [0.25, 0.3) is 0 Å². The maximum Gasteiger partial charge on any atom is 0.312 e. The Morgan fingerprint density at radius 3 is 2.50 bits per heavy atom. The second-order valence-corrected chi connectivity index (χ2v) is 4.78. The highest BCUT2D eigenvalue weighted by molar-refractivity contribution is 7.86. The van der Waals surface area contributed by atoms with Crippen LogP contribution in [0.1, 0.15) is 12.5 Å². The van der Waals surface area contributed by atoms with E-state index in [1.165, 1.54) is 12.1 Å². The van der Waals surface area contributed by atoms with Gasteiger partial charge in [0.1, 0.15) is 0 Å². The molecule has 0 spiro atoms. The average molecular weight is 245 g/mol. The van der Waals surface area contributed by atoms with Crippen LogP contribution in [-0.2, 0) is 16.5 Å². The number of hydrogen-bond acceptors (Lipinski definition) is 5. The number of nitro groups is 1. The summed E-state index contributed by atoms with van der Waals surface area (Å²) in [6.07, 6.45) is 1.46. The van der Waals surface area contributed by atoms with Crippen LogP contribution < -0.4 is 4.18 Å². The zero-order valence-corrected chi connectivity index (χ0v) is 9.65. The second-order valence-electron chi connectivity index (χ2n) is 3.20. The van der Waals surface area contributed by atoms with Gasteiger partial charge in [0.2, 0.25) is 5.75 Å². The molecule has 0 aliphatic heterocycles. The molecule has 0 saturated carbocycles. The molecule has 0 radical (unpaired) electrons. The van der Waals surface area contributed by atoms with Crippen LogP contribution in [0, 0.1) is 10.1 Å². The summed E-state index contributed by atoms with van der Waals surface area (Å²) in [6, 6.07) is 4.19.